The SMILES string of the molecule is CCNC(C)C(CC)CCCSC. The van der Waals surface area contributed by atoms with Crippen LogP contribution in [0.15, 0.2) is 0 Å². The maximum absolute atomic E-state index is 3.52. The van der Waals surface area contributed by atoms with Crippen LogP contribution in [0.4, 0.5) is 0 Å². The molecule has 1 nitrogen and oxygen atoms in total. The van der Waals surface area contributed by atoms with Gasteiger partial charge in [-0.2, -0.15) is 11.8 Å². The lowest BCUT2D eigenvalue weighted by Gasteiger charge is -2.23. The third-order valence-electron chi connectivity index (χ3n) is 2.68. The molecule has 0 bridgehead atoms. The van der Waals surface area contributed by atoms with Crippen LogP contribution in [0.3, 0.4) is 0 Å². The first-order chi connectivity index (χ1) is 6.26. The highest BCUT2D eigenvalue weighted by Crippen LogP contribution is 2.16. The van der Waals surface area contributed by atoms with E-state index in [1.54, 1.807) is 0 Å². The molecule has 0 radical (unpaired) electrons. The Bertz CT molecular complexity index is 106. The maximum Gasteiger partial charge on any atom is 0.00667 e. The predicted molar refractivity (Wildman–Crippen MR) is 64.5 cm³/mol. The molecule has 0 amide bonds. The van der Waals surface area contributed by atoms with Gasteiger partial charge in [0, 0.05) is 6.04 Å². The maximum atomic E-state index is 3.52. The molecule has 0 aromatic rings. The first-order valence-electron chi connectivity index (χ1n) is 5.48. The van der Waals surface area contributed by atoms with Gasteiger partial charge in [-0.3, -0.25) is 0 Å². The van der Waals surface area contributed by atoms with E-state index in [1.807, 2.05) is 11.8 Å². The zero-order chi connectivity index (χ0) is 10.1. The summed E-state index contributed by atoms with van der Waals surface area (Å²) in [4.78, 5) is 0. The van der Waals surface area contributed by atoms with E-state index >= 15 is 0 Å². The van der Waals surface area contributed by atoms with Gasteiger partial charge in [0.15, 0.2) is 0 Å². The van der Waals surface area contributed by atoms with Crippen LogP contribution in [-0.4, -0.2) is 24.6 Å². The van der Waals surface area contributed by atoms with Crippen LogP contribution in [0.2, 0.25) is 0 Å². The molecule has 0 fully saturated rings. The van der Waals surface area contributed by atoms with Gasteiger partial charge in [-0.25, -0.2) is 0 Å². The van der Waals surface area contributed by atoms with Crippen LogP contribution < -0.4 is 5.32 Å². The van der Waals surface area contributed by atoms with Gasteiger partial charge < -0.3 is 5.32 Å². The molecule has 0 aliphatic rings. The second-order valence-electron chi connectivity index (χ2n) is 3.65. The van der Waals surface area contributed by atoms with E-state index in [0.29, 0.717) is 6.04 Å². The van der Waals surface area contributed by atoms with E-state index in [2.05, 4.69) is 32.3 Å². The highest BCUT2D eigenvalue weighted by atomic mass is 32.2. The van der Waals surface area contributed by atoms with E-state index < -0.39 is 0 Å². The molecule has 0 spiro atoms. The minimum atomic E-state index is 0.692. The van der Waals surface area contributed by atoms with E-state index in [0.717, 1.165) is 12.5 Å². The molecule has 0 heterocycles. The third kappa shape index (κ3) is 6.39. The van der Waals surface area contributed by atoms with Gasteiger partial charge >= 0.3 is 0 Å². The quantitative estimate of drug-likeness (QED) is 0.608. The summed E-state index contributed by atoms with van der Waals surface area (Å²) >= 11 is 1.96. The van der Waals surface area contributed by atoms with Crippen molar-refractivity contribution in [3.8, 4) is 0 Å². The Hall–Kier alpha value is 0.310. The van der Waals surface area contributed by atoms with Crippen molar-refractivity contribution in [1.82, 2.24) is 5.32 Å². The minimum Gasteiger partial charge on any atom is -0.314 e. The minimum absolute atomic E-state index is 0.692. The van der Waals surface area contributed by atoms with Crippen LogP contribution >= 0.6 is 11.8 Å². The largest absolute Gasteiger partial charge is 0.314 e. The fourth-order valence-corrected chi connectivity index (χ4v) is 2.24. The van der Waals surface area contributed by atoms with Gasteiger partial charge in [-0.1, -0.05) is 20.3 Å². The van der Waals surface area contributed by atoms with Gasteiger partial charge in [0.2, 0.25) is 0 Å². The van der Waals surface area contributed by atoms with E-state index in [4.69, 9.17) is 0 Å². The summed E-state index contributed by atoms with van der Waals surface area (Å²) in [7, 11) is 0. The molecule has 13 heavy (non-hydrogen) atoms. The summed E-state index contributed by atoms with van der Waals surface area (Å²) < 4.78 is 0. The molecule has 0 aromatic heterocycles. The highest BCUT2D eigenvalue weighted by molar-refractivity contribution is 7.98. The Morgan fingerprint density at radius 1 is 1.31 bits per heavy atom. The van der Waals surface area contributed by atoms with Gasteiger partial charge in [0.25, 0.3) is 0 Å². The Kier molecular flexibility index (Phi) is 9.10. The summed E-state index contributed by atoms with van der Waals surface area (Å²) in [6.07, 6.45) is 6.25. The van der Waals surface area contributed by atoms with Crippen molar-refractivity contribution in [2.24, 2.45) is 5.92 Å². The van der Waals surface area contributed by atoms with Gasteiger partial charge in [0.05, 0.1) is 0 Å². The molecule has 0 saturated carbocycles. The lowest BCUT2D eigenvalue weighted by atomic mass is 9.93. The van der Waals surface area contributed by atoms with Crippen LogP contribution in [0.1, 0.15) is 40.0 Å². The average molecular weight is 203 g/mol. The number of nitrogens with one attached hydrogen (secondary N) is 1. The van der Waals surface area contributed by atoms with E-state index in [-0.39, 0.29) is 0 Å². The first kappa shape index (κ1) is 13.3. The molecule has 0 rings (SSSR count). The Balaban J connectivity index is 3.60. The Morgan fingerprint density at radius 2 is 2.00 bits per heavy atom. The van der Waals surface area contributed by atoms with Crippen LogP contribution in [-0.2, 0) is 0 Å². The average Bonchev–Trinajstić information content (AvgIpc) is 2.13. The molecular formula is C11H25NS. The molecule has 0 aliphatic carbocycles. The molecule has 0 saturated heterocycles. The second kappa shape index (κ2) is 8.89. The summed E-state index contributed by atoms with van der Waals surface area (Å²) in [5.74, 6) is 2.18. The van der Waals surface area contributed by atoms with E-state index in [1.165, 1.54) is 25.0 Å². The van der Waals surface area contributed by atoms with Crippen molar-refractivity contribution in [1.29, 1.82) is 0 Å². The normalized spacial score (nSPS) is 15.7. The Labute approximate surface area is 88.1 Å². The lowest BCUT2D eigenvalue weighted by Crippen LogP contribution is -2.33. The fourth-order valence-electron chi connectivity index (χ4n) is 1.79. The van der Waals surface area contributed by atoms with Crippen molar-refractivity contribution >= 4 is 11.8 Å². The number of thioether (sulfide) groups is 1. The molecular weight excluding hydrogens is 178 g/mol. The smallest absolute Gasteiger partial charge is 0.00667 e. The molecule has 2 heteroatoms. The summed E-state index contributed by atoms with van der Waals surface area (Å²) in [5.41, 5.74) is 0. The fraction of sp³-hybridized carbons (Fsp3) is 1.00. The van der Waals surface area contributed by atoms with Crippen LogP contribution in [0.5, 0.6) is 0 Å². The molecule has 0 aliphatic heterocycles. The van der Waals surface area contributed by atoms with Gasteiger partial charge in [0.1, 0.15) is 0 Å². The molecule has 2 atom stereocenters. The van der Waals surface area contributed by atoms with Crippen molar-refractivity contribution in [3.05, 3.63) is 0 Å². The Morgan fingerprint density at radius 3 is 2.46 bits per heavy atom. The summed E-state index contributed by atoms with van der Waals surface area (Å²) in [5, 5.41) is 3.52. The van der Waals surface area contributed by atoms with Crippen LogP contribution in [0, 0.1) is 5.92 Å². The standard InChI is InChI=1S/C11H25NS/c1-5-11(8-7-9-13-4)10(3)12-6-2/h10-12H,5-9H2,1-4H3. The number of hydrogen-bond acceptors (Lipinski definition) is 2. The topological polar surface area (TPSA) is 12.0 Å². The monoisotopic (exact) mass is 203 g/mol. The molecule has 80 valence electrons. The first-order valence-corrected chi connectivity index (χ1v) is 6.87. The van der Waals surface area contributed by atoms with Gasteiger partial charge in [-0.15, -0.1) is 0 Å². The second-order valence-corrected chi connectivity index (χ2v) is 4.64. The van der Waals surface area contributed by atoms with Crippen molar-refractivity contribution in [2.75, 3.05) is 18.6 Å². The predicted octanol–water partition coefficient (Wildman–Crippen LogP) is 3.15. The zero-order valence-corrected chi connectivity index (χ0v) is 10.4. The molecule has 2 unspecified atom stereocenters. The summed E-state index contributed by atoms with van der Waals surface area (Å²) in [6.45, 7) is 7.90. The lowest BCUT2D eigenvalue weighted by molar-refractivity contribution is 0.347. The molecule has 0 aromatic carbocycles. The van der Waals surface area contributed by atoms with Crippen molar-refractivity contribution < 1.29 is 0 Å². The van der Waals surface area contributed by atoms with Crippen molar-refractivity contribution in [3.63, 3.8) is 0 Å². The van der Waals surface area contributed by atoms with Crippen LogP contribution in [0.25, 0.3) is 0 Å². The highest BCUT2D eigenvalue weighted by Gasteiger charge is 2.13. The molecule has 1 N–H and O–H groups in total. The van der Waals surface area contributed by atoms with E-state index in [9.17, 15) is 0 Å². The zero-order valence-electron chi connectivity index (χ0n) is 9.60. The third-order valence-corrected chi connectivity index (χ3v) is 3.38. The number of hydrogen-bond donors (Lipinski definition) is 1. The van der Waals surface area contributed by atoms with Gasteiger partial charge in [-0.05, 0) is 44.2 Å². The summed E-state index contributed by atoms with van der Waals surface area (Å²) in [6, 6.07) is 0.692. The number of rotatable bonds is 8. The van der Waals surface area contributed by atoms with Crippen molar-refractivity contribution in [2.45, 2.75) is 46.1 Å².